The van der Waals surface area contributed by atoms with Crippen LogP contribution in [0.2, 0.25) is 0 Å². The first-order valence-corrected chi connectivity index (χ1v) is 10.4. The van der Waals surface area contributed by atoms with Crippen molar-refractivity contribution in [2.24, 2.45) is 11.3 Å². The maximum absolute atomic E-state index is 13.0. The first-order chi connectivity index (χ1) is 13.2. The lowest BCUT2D eigenvalue weighted by Gasteiger charge is -2.34. The van der Waals surface area contributed by atoms with Gasteiger partial charge in [-0.2, -0.15) is 4.98 Å². The summed E-state index contributed by atoms with van der Waals surface area (Å²) in [6.45, 7) is 11.7. The van der Waals surface area contributed by atoms with Gasteiger partial charge in [0, 0.05) is 18.5 Å². The molecular weight excluding hydrogens is 350 g/mol. The van der Waals surface area contributed by atoms with Crippen molar-refractivity contribution in [2.45, 2.75) is 72.8 Å². The Kier molecular flexibility index (Phi) is 6.21. The number of rotatable bonds is 5. The molecule has 152 valence electrons. The van der Waals surface area contributed by atoms with E-state index in [0.29, 0.717) is 24.1 Å². The molecule has 3 rings (SSSR count). The van der Waals surface area contributed by atoms with Gasteiger partial charge < -0.3 is 9.42 Å². The van der Waals surface area contributed by atoms with Gasteiger partial charge in [0.1, 0.15) is 6.04 Å². The van der Waals surface area contributed by atoms with E-state index in [1.165, 1.54) is 5.56 Å². The first-order valence-electron chi connectivity index (χ1n) is 10.4. The van der Waals surface area contributed by atoms with Gasteiger partial charge in [-0.3, -0.25) is 4.79 Å². The molecule has 5 heteroatoms. The summed E-state index contributed by atoms with van der Waals surface area (Å²) >= 11 is 0. The second-order valence-corrected chi connectivity index (χ2v) is 9.50. The van der Waals surface area contributed by atoms with Gasteiger partial charge in [0.2, 0.25) is 17.6 Å². The first kappa shape index (κ1) is 20.6. The van der Waals surface area contributed by atoms with E-state index < -0.39 is 0 Å². The molecule has 0 radical (unpaired) electrons. The number of carbonyl (C=O) groups excluding carboxylic acids is 1. The van der Waals surface area contributed by atoms with E-state index in [9.17, 15) is 4.79 Å². The van der Waals surface area contributed by atoms with Crippen LogP contribution in [0, 0.1) is 18.3 Å². The van der Waals surface area contributed by atoms with Gasteiger partial charge in [-0.1, -0.05) is 62.7 Å². The molecule has 0 unspecified atom stereocenters. The molecule has 0 bridgehead atoms. The smallest absolute Gasteiger partial charge is 0.249 e. The lowest BCUT2D eigenvalue weighted by atomic mass is 9.84. The molecular formula is C23H33N3O2. The molecule has 0 saturated carbocycles. The van der Waals surface area contributed by atoms with Gasteiger partial charge in [0.15, 0.2) is 0 Å². The summed E-state index contributed by atoms with van der Waals surface area (Å²) in [6, 6.07) is 7.98. The van der Waals surface area contributed by atoms with Crippen LogP contribution in [0.1, 0.15) is 77.3 Å². The molecule has 1 aromatic carbocycles. The number of aryl methyl sites for hydroxylation is 1. The fourth-order valence-electron chi connectivity index (χ4n) is 4.21. The Labute approximate surface area is 168 Å². The summed E-state index contributed by atoms with van der Waals surface area (Å²) in [5.41, 5.74) is 2.37. The summed E-state index contributed by atoms with van der Waals surface area (Å²) in [6.07, 6.45) is 4.61. The number of likely N-dealkylation sites (tertiary alicyclic amines) is 1. The topological polar surface area (TPSA) is 59.2 Å². The molecule has 28 heavy (non-hydrogen) atoms. The molecule has 2 heterocycles. The Morgan fingerprint density at radius 2 is 1.96 bits per heavy atom. The molecule has 0 N–H and O–H groups in total. The minimum atomic E-state index is -0.102. The van der Waals surface area contributed by atoms with Crippen LogP contribution in [0.5, 0.6) is 0 Å². The van der Waals surface area contributed by atoms with Gasteiger partial charge in [-0.05, 0) is 43.9 Å². The Morgan fingerprint density at radius 3 is 2.64 bits per heavy atom. The van der Waals surface area contributed by atoms with Crippen LogP contribution in [0.3, 0.4) is 0 Å². The zero-order chi connectivity index (χ0) is 20.3. The second-order valence-electron chi connectivity index (χ2n) is 9.50. The van der Waals surface area contributed by atoms with E-state index in [2.05, 4.69) is 44.8 Å². The van der Waals surface area contributed by atoms with Crippen molar-refractivity contribution >= 4 is 5.91 Å². The van der Waals surface area contributed by atoms with Crippen molar-refractivity contribution in [1.29, 1.82) is 0 Å². The van der Waals surface area contributed by atoms with Gasteiger partial charge >= 0.3 is 0 Å². The molecule has 1 saturated heterocycles. The summed E-state index contributed by atoms with van der Waals surface area (Å²) in [4.78, 5) is 19.6. The van der Waals surface area contributed by atoms with Crippen LogP contribution >= 0.6 is 0 Å². The molecule has 0 aliphatic carbocycles. The molecule has 0 spiro atoms. The number of piperidine rings is 1. The molecule has 2 atom stereocenters. The van der Waals surface area contributed by atoms with Crippen LogP contribution in [0.4, 0.5) is 0 Å². The van der Waals surface area contributed by atoms with Crippen LogP contribution < -0.4 is 0 Å². The van der Waals surface area contributed by atoms with Crippen molar-refractivity contribution in [3.05, 3.63) is 35.7 Å². The van der Waals surface area contributed by atoms with Crippen molar-refractivity contribution < 1.29 is 9.32 Å². The zero-order valence-corrected chi connectivity index (χ0v) is 17.9. The number of carbonyl (C=O) groups is 1. The van der Waals surface area contributed by atoms with Gasteiger partial charge in [-0.15, -0.1) is 0 Å². The summed E-state index contributed by atoms with van der Waals surface area (Å²) in [7, 11) is 0. The third-order valence-electron chi connectivity index (χ3n) is 5.34. The van der Waals surface area contributed by atoms with Crippen molar-refractivity contribution in [3.8, 4) is 11.4 Å². The van der Waals surface area contributed by atoms with E-state index >= 15 is 0 Å². The van der Waals surface area contributed by atoms with Crippen molar-refractivity contribution in [3.63, 3.8) is 0 Å². The van der Waals surface area contributed by atoms with Crippen LogP contribution in [0.15, 0.2) is 28.8 Å². The van der Waals surface area contributed by atoms with Crippen molar-refractivity contribution in [2.75, 3.05) is 6.54 Å². The second kappa shape index (κ2) is 8.46. The maximum Gasteiger partial charge on any atom is 0.249 e. The Bertz CT molecular complexity index is 789. The highest BCUT2D eigenvalue weighted by Crippen LogP contribution is 2.33. The number of amides is 1. The Hall–Kier alpha value is -2.17. The summed E-state index contributed by atoms with van der Waals surface area (Å²) < 4.78 is 5.60. The molecule has 1 amide bonds. The highest BCUT2D eigenvalue weighted by molar-refractivity contribution is 5.77. The SMILES string of the molecule is Cc1ccc(-c2noc([C@@H]3CCCCN3C(=O)C[C@H](C)CC(C)(C)C)n2)cc1. The standard InChI is InChI=1S/C23H33N3O2/c1-16-9-11-18(12-10-16)21-24-22(28-25-21)19-8-6-7-13-26(19)20(27)14-17(2)15-23(3,4)5/h9-12,17,19H,6-8,13-15H2,1-5H3/t17-,19-/m0/s1. The van der Waals surface area contributed by atoms with Crippen LogP contribution in [-0.2, 0) is 4.79 Å². The molecule has 1 aliphatic heterocycles. The normalized spacial score (nSPS) is 18.9. The van der Waals surface area contributed by atoms with Crippen LogP contribution in [-0.4, -0.2) is 27.5 Å². The third-order valence-corrected chi connectivity index (χ3v) is 5.34. The number of hydrogen-bond acceptors (Lipinski definition) is 4. The lowest BCUT2D eigenvalue weighted by molar-refractivity contribution is -0.136. The molecule has 5 nitrogen and oxygen atoms in total. The number of nitrogens with zero attached hydrogens (tertiary/aromatic N) is 3. The van der Waals surface area contributed by atoms with E-state index in [1.54, 1.807) is 0 Å². The fourth-order valence-corrected chi connectivity index (χ4v) is 4.21. The van der Waals surface area contributed by atoms with Gasteiger partial charge in [-0.25, -0.2) is 0 Å². The maximum atomic E-state index is 13.0. The quantitative estimate of drug-likeness (QED) is 0.678. The lowest BCUT2D eigenvalue weighted by Crippen LogP contribution is -2.39. The largest absolute Gasteiger partial charge is 0.337 e. The predicted molar refractivity (Wildman–Crippen MR) is 111 cm³/mol. The summed E-state index contributed by atoms with van der Waals surface area (Å²) in [5.74, 6) is 1.72. The number of benzene rings is 1. The van der Waals surface area contributed by atoms with Crippen molar-refractivity contribution in [1.82, 2.24) is 15.0 Å². The van der Waals surface area contributed by atoms with Gasteiger partial charge in [0.25, 0.3) is 0 Å². The monoisotopic (exact) mass is 383 g/mol. The number of hydrogen-bond donors (Lipinski definition) is 0. The minimum Gasteiger partial charge on any atom is -0.337 e. The highest BCUT2D eigenvalue weighted by Gasteiger charge is 2.33. The predicted octanol–water partition coefficient (Wildman–Crippen LogP) is 5.56. The van der Waals surface area contributed by atoms with Crippen LogP contribution in [0.25, 0.3) is 11.4 Å². The van der Waals surface area contributed by atoms with E-state index in [4.69, 9.17) is 4.52 Å². The minimum absolute atomic E-state index is 0.102. The zero-order valence-electron chi connectivity index (χ0n) is 17.9. The van der Waals surface area contributed by atoms with E-state index in [1.807, 2.05) is 29.2 Å². The Balaban J connectivity index is 1.73. The third kappa shape index (κ3) is 5.21. The summed E-state index contributed by atoms with van der Waals surface area (Å²) in [5, 5.41) is 4.17. The average Bonchev–Trinajstić information content (AvgIpc) is 3.10. The molecule has 2 aromatic rings. The fraction of sp³-hybridized carbons (Fsp3) is 0.609. The average molecular weight is 384 g/mol. The molecule has 1 aromatic heterocycles. The molecule has 1 fully saturated rings. The van der Waals surface area contributed by atoms with E-state index in [0.717, 1.165) is 37.8 Å². The van der Waals surface area contributed by atoms with E-state index in [-0.39, 0.29) is 17.4 Å². The molecule has 1 aliphatic rings. The van der Waals surface area contributed by atoms with Gasteiger partial charge in [0.05, 0.1) is 0 Å². The number of aromatic nitrogens is 2. The highest BCUT2D eigenvalue weighted by atomic mass is 16.5. The Morgan fingerprint density at radius 1 is 1.25 bits per heavy atom.